The van der Waals surface area contributed by atoms with E-state index >= 15 is 0 Å². The van der Waals surface area contributed by atoms with Crippen LogP contribution in [-0.4, -0.2) is 40.0 Å². The van der Waals surface area contributed by atoms with Gasteiger partial charge in [0.1, 0.15) is 17.2 Å². The van der Waals surface area contributed by atoms with Crippen molar-refractivity contribution in [1.82, 2.24) is 0 Å². The van der Waals surface area contributed by atoms with Crippen molar-refractivity contribution in [2.75, 3.05) is 0 Å². The number of ether oxygens (including phenoxy) is 3. The number of carbonyl (C=O) groups excluding carboxylic acids is 1. The minimum atomic E-state index is -0.941. The van der Waals surface area contributed by atoms with E-state index in [1.807, 2.05) is 66.7 Å². The van der Waals surface area contributed by atoms with Gasteiger partial charge in [0.2, 0.25) is 0 Å². The number of hydrogen-bond acceptors (Lipinski definition) is 9. The van der Waals surface area contributed by atoms with E-state index in [4.69, 9.17) is 14.2 Å². The molecule has 0 spiro atoms. The lowest BCUT2D eigenvalue weighted by atomic mass is 10.0. The van der Waals surface area contributed by atoms with Crippen LogP contribution in [0.5, 0.6) is 17.2 Å². The molecule has 0 aromatic heterocycles. The summed E-state index contributed by atoms with van der Waals surface area (Å²) in [5, 5.41) is 28.6. The predicted molar refractivity (Wildman–Crippen MR) is 180 cm³/mol. The maximum Gasteiger partial charge on any atom is 0.194 e. The third kappa shape index (κ3) is 9.15. The Kier molecular flexibility index (Phi) is 11.1. The molecule has 9 heteroatoms. The summed E-state index contributed by atoms with van der Waals surface area (Å²) in [7, 11) is 0. The minimum absolute atomic E-state index is 0.0935. The Morgan fingerprint density at radius 3 is 1.43 bits per heavy atom. The Bertz CT molecular complexity index is 1730. The second kappa shape index (κ2) is 15.4. The lowest BCUT2D eigenvalue weighted by Gasteiger charge is -2.15. The molecule has 5 aromatic carbocycles. The average molecular weight is 655 g/mol. The molecule has 0 fully saturated rings. The molecule has 0 aliphatic heterocycles. The van der Waals surface area contributed by atoms with Gasteiger partial charge in [-0.1, -0.05) is 35.7 Å². The Hall–Kier alpha value is -4.25. The zero-order valence-corrected chi connectivity index (χ0v) is 27.1. The molecule has 5 aromatic rings. The highest BCUT2D eigenvalue weighted by atomic mass is 32.2. The van der Waals surface area contributed by atoms with Crippen molar-refractivity contribution in [1.29, 1.82) is 0 Å². The van der Waals surface area contributed by atoms with Gasteiger partial charge < -0.3 is 29.5 Å². The molecule has 46 heavy (non-hydrogen) atoms. The smallest absolute Gasteiger partial charge is 0.194 e. The van der Waals surface area contributed by atoms with Crippen molar-refractivity contribution in [2.45, 2.75) is 59.2 Å². The number of rotatable bonds is 13. The lowest BCUT2D eigenvalue weighted by molar-refractivity contribution is -0.000901. The summed E-state index contributed by atoms with van der Waals surface area (Å²) < 4.78 is 16.2. The van der Waals surface area contributed by atoms with Gasteiger partial charge in [-0.05, 0) is 135 Å². The largest absolute Gasteiger partial charge is 0.465 e. The molecule has 3 atom stereocenters. The first kappa shape index (κ1) is 33.1. The molecule has 5 rings (SSSR count). The topological polar surface area (TPSA) is 105 Å². The number of hydrogen-bond donors (Lipinski definition) is 3. The van der Waals surface area contributed by atoms with Crippen LogP contribution in [0, 0.1) is 0 Å². The highest BCUT2D eigenvalue weighted by molar-refractivity contribution is 7.99. The quantitative estimate of drug-likeness (QED) is 0.0859. The summed E-state index contributed by atoms with van der Waals surface area (Å²) in [5.74, 6) is 1.55. The van der Waals surface area contributed by atoms with Gasteiger partial charge >= 0.3 is 0 Å². The van der Waals surface area contributed by atoms with Crippen molar-refractivity contribution < 1.29 is 34.3 Å². The van der Waals surface area contributed by atoms with E-state index in [9.17, 15) is 20.1 Å². The molecule has 3 unspecified atom stereocenters. The van der Waals surface area contributed by atoms with Crippen molar-refractivity contribution in [3.05, 3.63) is 126 Å². The van der Waals surface area contributed by atoms with Gasteiger partial charge in [0, 0.05) is 30.7 Å². The van der Waals surface area contributed by atoms with E-state index in [2.05, 4.69) is 24.3 Å². The van der Waals surface area contributed by atoms with Crippen molar-refractivity contribution >= 4 is 29.3 Å². The molecule has 0 radical (unpaired) electrons. The zero-order chi connectivity index (χ0) is 32.6. The van der Waals surface area contributed by atoms with Gasteiger partial charge in [0.05, 0.1) is 0 Å². The number of aliphatic hydroxyl groups excluding tert-OH is 3. The molecule has 0 saturated heterocycles. The van der Waals surface area contributed by atoms with Crippen molar-refractivity contribution in [3.8, 4) is 28.4 Å². The number of carbonyl (C=O) groups is 1. The second-order valence-corrected chi connectivity index (χ2v) is 12.6. The molecule has 0 amide bonds. The fourth-order valence-corrected chi connectivity index (χ4v) is 6.33. The Balaban J connectivity index is 1.29. The van der Waals surface area contributed by atoms with Crippen LogP contribution in [0.3, 0.4) is 0 Å². The molecule has 7 nitrogen and oxygen atoms in total. The van der Waals surface area contributed by atoms with Crippen molar-refractivity contribution in [2.24, 2.45) is 0 Å². The highest BCUT2D eigenvalue weighted by Gasteiger charge is 2.13. The SMILES string of the molecule is CC(O)Oc1ccc(Sc2ccc(OC(C)O)cc2-c2ccc(Sc3ccc(C(=O)c4ccc(OC(C)O)cc4)cc3)cc2)cc1. The third-order valence-corrected chi connectivity index (χ3v) is 8.66. The van der Waals surface area contributed by atoms with Crippen LogP contribution in [-0.2, 0) is 0 Å². The lowest BCUT2D eigenvalue weighted by Crippen LogP contribution is -2.09. The fraction of sp³-hybridized carbons (Fsp3) is 0.162. The van der Waals surface area contributed by atoms with Crippen LogP contribution in [0.15, 0.2) is 135 Å². The molecule has 0 aliphatic rings. The van der Waals surface area contributed by atoms with Crippen LogP contribution in [0.4, 0.5) is 0 Å². The first-order valence-corrected chi connectivity index (χ1v) is 16.3. The van der Waals surface area contributed by atoms with Crippen LogP contribution < -0.4 is 14.2 Å². The minimum Gasteiger partial charge on any atom is -0.465 e. The molecule has 0 heterocycles. The van der Waals surface area contributed by atoms with Gasteiger partial charge in [0.15, 0.2) is 24.7 Å². The fourth-order valence-electron chi connectivity index (χ4n) is 4.57. The Labute approximate surface area is 276 Å². The van der Waals surface area contributed by atoms with Crippen LogP contribution in [0.2, 0.25) is 0 Å². The number of ketones is 1. The summed E-state index contributed by atoms with van der Waals surface area (Å²) >= 11 is 3.19. The average Bonchev–Trinajstić information content (AvgIpc) is 3.03. The van der Waals surface area contributed by atoms with Gasteiger partial charge in [-0.15, -0.1) is 0 Å². The van der Waals surface area contributed by atoms with Crippen LogP contribution in [0.25, 0.3) is 11.1 Å². The third-order valence-electron chi connectivity index (χ3n) is 6.56. The van der Waals surface area contributed by atoms with Crippen LogP contribution >= 0.6 is 23.5 Å². The number of benzene rings is 5. The first-order valence-electron chi connectivity index (χ1n) is 14.6. The van der Waals surface area contributed by atoms with E-state index in [-0.39, 0.29) is 5.78 Å². The first-order chi connectivity index (χ1) is 22.1. The Morgan fingerprint density at radius 2 is 0.913 bits per heavy atom. The summed E-state index contributed by atoms with van der Waals surface area (Å²) in [6.07, 6.45) is -2.75. The van der Waals surface area contributed by atoms with Gasteiger partial charge in [-0.2, -0.15) is 0 Å². The maximum atomic E-state index is 13.0. The molecule has 3 N–H and O–H groups in total. The monoisotopic (exact) mass is 654 g/mol. The van der Waals surface area contributed by atoms with Crippen molar-refractivity contribution in [3.63, 3.8) is 0 Å². The van der Waals surface area contributed by atoms with E-state index in [1.165, 1.54) is 6.92 Å². The highest BCUT2D eigenvalue weighted by Crippen LogP contribution is 2.40. The zero-order valence-electron chi connectivity index (χ0n) is 25.5. The molecule has 0 aliphatic carbocycles. The second-order valence-electron chi connectivity index (χ2n) is 10.4. The normalized spacial score (nSPS) is 13.0. The molecule has 236 valence electrons. The van der Waals surface area contributed by atoms with E-state index in [0.29, 0.717) is 28.4 Å². The Morgan fingerprint density at radius 1 is 0.522 bits per heavy atom. The van der Waals surface area contributed by atoms with E-state index in [0.717, 1.165) is 30.7 Å². The predicted octanol–water partition coefficient (Wildman–Crippen LogP) is 8.04. The standard InChI is InChI=1S/C37H34O7S2/c1-23(38)42-29-10-4-27(5-11-29)37(41)28-8-17-33(18-9-28)45-32-15-6-26(7-16-32)35-22-31(44-25(3)40)14-21-36(35)46-34-19-12-30(13-20-34)43-24(2)39/h4-25,38-40H,1-3H3. The van der Waals surface area contributed by atoms with E-state index < -0.39 is 18.9 Å². The van der Waals surface area contributed by atoms with E-state index in [1.54, 1.807) is 61.6 Å². The molecular formula is C37H34O7S2. The molecule has 0 saturated carbocycles. The molecule has 0 bridgehead atoms. The summed E-state index contributed by atoms with van der Waals surface area (Å²) in [6.45, 7) is 4.66. The number of aliphatic hydroxyl groups is 3. The summed E-state index contributed by atoms with van der Waals surface area (Å²) in [5.41, 5.74) is 3.06. The van der Waals surface area contributed by atoms with Gasteiger partial charge in [0.25, 0.3) is 0 Å². The summed E-state index contributed by atoms with van der Waals surface area (Å²) in [4.78, 5) is 17.0. The van der Waals surface area contributed by atoms with Gasteiger partial charge in [-0.25, -0.2) is 0 Å². The maximum absolute atomic E-state index is 13.0. The summed E-state index contributed by atoms with van der Waals surface area (Å²) in [6, 6.07) is 35.7. The van der Waals surface area contributed by atoms with Gasteiger partial charge in [-0.3, -0.25) is 4.79 Å². The van der Waals surface area contributed by atoms with Crippen LogP contribution in [0.1, 0.15) is 36.7 Å². The molecular weight excluding hydrogens is 621 g/mol.